The van der Waals surface area contributed by atoms with Crippen molar-refractivity contribution in [2.45, 2.75) is 45.6 Å². The van der Waals surface area contributed by atoms with Crippen molar-refractivity contribution < 1.29 is 4.79 Å². The molecule has 1 aliphatic heterocycles. The number of hydrogen-bond acceptors (Lipinski definition) is 1. The van der Waals surface area contributed by atoms with Gasteiger partial charge in [-0.2, -0.15) is 0 Å². The number of carbonyl (C=O) groups excluding carboxylic acids is 1. The van der Waals surface area contributed by atoms with E-state index in [4.69, 9.17) is 0 Å². The molecule has 1 aromatic heterocycles. The van der Waals surface area contributed by atoms with E-state index in [0.717, 1.165) is 18.5 Å². The summed E-state index contributed by atoms with van der Waals surface area (Å²) in [6.07, 6.45) is 1.38. The molecule has 0 radical (unpaired) electrons. The number of carbonyl (C=O) groups is 1. The van der Waals surface area contributed by atoms with Crippen molar-refractivity contribution in [3.63, 3.8) is 0 Å². The average molecular weight is 346 g/mol. The second kappa shape index (κ2) is 6.31. The van der Waals surface area contributed by atoms with Crippen molar-refractivity contribution in [3.05, 3.63) is 70.9 Å². The number of rotatable bonds is 2. The van der Waals surface area contributed by atoms with E-state index in [1.807, 2.05) is 35.2 Å². The number of amides is 1. The van der Waals surface area contributed by atoms with E-state index in [-0.39, 0.29) is 11.3 Å². The molecule has 0 saturated carbocycles. The second-order valence-corrected chi connectivity index (χ2v) is 8.32. The van der Waals surface area contributed by atoms with Crippen LogP contribution in [0.5, 0.6) is 0 Å². The van der Waals surface area contributed by atoms with E-state index >= 15 is 0 Å². The van der Waals surface area contributed by atoms with Gasteiger partial charge in [-0.05, 0) is 28.7 Å². The van der Waals surface area contributed by atoms with Gasteiger partial charge in [-0.25, -0.2) is 0 Å². The molecule has 0 bridgehead atoms. The Kier molecular flexibility index (Phi) is 4.10. The van der Waals surface area contributed by atoms with Crippen molar-refractivity contribution in [1.82, 2.24) is 9.88 Å². The maximum Gasteiger partial charge on any atom is 0.227 e. The van der Waals surface area contributed by atoms with Gasteiger partial charge >= 0.3 is 0 Å². The topological polar surface area (TPSA) is 36.1 Å². The van der Waals surface area contributed by atoms with E-state index in [0.29, 0.717) is 13.0 Å². The van der Waals surface area contributed by atoms with Gasteiger partial charge in [0.2, 0.25) is 5.91 Å². The fraction of sp³-hybridized carbons (Fsp3) is 0.348. The highest BCUT2D eigenvalue weighted by atomic mass is 16.2. The first-order chi connectivity index (χ1) is 12.4. The van der Waals surface area contributed by atoms with Gasteiger partial charge in [-0.15, -0.1) is 0 Å². The normalized spacial score (nSPS) is 14.5. The summed E-state index contributed by atoms with van der Waals surface area (Å²) in [5.41, 5.74) is 6.29. The molecule has 0 atom stereocenters. The minimum atomic E-state index is 0.121. The van der Waals surface area contributed by atoms with Crippen LogP contribution in [-0.2, 0) is 29.6 Å². The van der Waals surface area contributed by atoms with Gasteiger partial charge in [-0.3, -0.25) is 4.79 Å². The van der Waals surface area contributed by atoms with Crippen LogP contribution < -0.4 is 0 Å². The maximum atomic E-state index is 12.8. The molecule has 0 spiro atoms. The van der Waals surface area contributed by atoms with Crippen molar-refractivity contribution in [1.29, 1.82) is 0 Å². The molecular weight excluding hydrogens is 320 g/mol. The van der Waals surface area contributed by atoms with Crippen LogP contribution in [-0.4, -0.2) is 22.3 Å². The summed E-state index contributed by atoms with van der Waals surface area (Å²) in [4.78, 5) is 18.3. The van der Waals surface area contributed by atoms with Crippen molar-refractivity contribution in [2.75, 3.05) is 6.54 Å². The highest BCUT2D eigenvalue weighted by Gasteiger charge is 2.25. The Bertz CT molecular complexity index is 947. The van der Waals surface area contributed by atoms with Gasteiger partial charge in [0.1, 0.15) is 0 Å². The molecule has 3 heteroatoms. The van der Waals surface area contributed by atoms with Crippen molar-refractivity contribution in [3.8, 4) is 0 Å². The van der Waals surface area contributed by atoms with Gasteiger partial charge in [0.15, 0.2) is 0 Å². The lowest BCUT2D eigenvalue weighted by Gasteiger charge is -2.27. The first-order valence-electron chi connectivity index (χ1n) is 9.37. The number of aromatic nitrogens is 1. The van der Waals surface area contributed by atoms with Crippen LogP contribution in [0.3, 0.4) is 0 Å². The fourth-order valence-electron chi connectivity index (χ4n) is 3.78. The summed E-state index contributed by atoms with van der Waals surface area (Å²) in [6, 6.07) is 16.7. The lowest BCUT2D eigenvalue weighted by Crippen LogP contribution is -2.36. The largest absolute Gasteiger partial charge is 0.358 e. The Morgan fingerprint density at radius 1 is 1.12 bits per heavy atom. The average Bonchev–Trinajstić information content (AvgIpc) is 2.99. The van der Waals surface area contributed by atoms with Gasteiger partial charge < -0.3 is 9.88 Å². The molecule has 1 aliphatic rings. The van der Waals surface area contributed by atoms with Gasteiger partial charge in [0.25, 0.3) is 0 Å². The molecule has 1 N–H and O–H groups in total. The first-order valence-corrected chi connectivity index (χ1v) is 9.37. The summed E-state index contributed by atoms with van der Waals surface area (Å²) in [5, 5.41) is 1.27. The quantitative estimate of drug-likeness (QED) is 0.724. The maximum absolute atomic E-state index is 12.8. The molecule has 26 heavy (non-hydrogen) atoms. The lowest BCUT2D eigenvalue weighted by atomic mass is 9.86. The Morgan fingerprint density at radius 3 is 2.62 bits per heavy atom. The standard InChI is InChI=1S/C23H26N2O/c1-23(2,3)17-9-10-20-18(14-17)19-15-25(12-11-21(19)24-20)22(26)13-16-7-5-4-6-8-16/h4-10,14,24H,11-13,15H2,1-3H3. The number of hydrogen-bond donors (Lipinski definition) is 1. The van der Waals surface area contributed by atoms with Crippen LogP contribution in [0.4, 0.5) is 0 Å². The number of nitrogens with zero attached hydrogens (tertiary/aromatic N) is 1. The highest BCUT2D eigenvalue weighted by Crippen LogP contribution is 2.32. The molecule has 3 aromatic rings. The van der Waals surface area contributed by atoms with Gasteiger partial charge in [0.05, 0.1) is 6.42 Å². The molecule has 3 nitrogen and oxygen atoms in total. The van der Waals surface area contributed by atoms with E-state index in [9.17, 15) is 4.79 Å². The number of nitrogens with one attached hydrogen (secondary N) is 1. The molecular formula is C23H26N2O. The molecule has 0 saturated heterocycles. The highest BCUT2D eigenvalue weighted by molar-refractivity contribution is 5.87. The molecule has 4 rings (SSSR count). The summed E-state index contributed by atoms with van der Waals surface area (Å²) in [5.74, 6) is 0.211. The Balaban J connectivity index is 1.62. The minimum Gasteiger partial charge on any atom is -0.358 e. The van der Waals surface area contributed by atoms with Crippen LogP contribution in [0.2, 0.25) is 0 Å². The predicted molar refractivity (Wildman–Crippen MR) is 106 cm³/mol. The third-order valence-electron chi connectivity index (χ3n) is 5.39. The summed E-state index contributed by atoms with van der Waals surface area (Å²) in [7, 11) is 0. The van der Waals surface area contributed by atoms with Crippen LogP contribution in [0.1, 0.15) is 43.2 Å². The van der Waals surface area contributed by atoms with Crippen LogP contribution in [0.15, 0.2) is 48.5 Å². The van der Waals surface area contributed by atoms with E-state index in [2.05, 4.69) is 44.0 Å². The van der Waals surface area contributed by atoms with E-state index in [1.54, 1.807) is 0 Å². The van der Waals surface area contributed by atoms with Gasteiger partial charge in [0, 0.05) is 41.7 Å². The predicted octanol–water partition coefficient (Wildman–Crippen LogP) is 4.59. The second-order valence-electron chi connectivity index (χ2n) is 8.32. The Hall–Kier alpha value is -2.55. The van der Waals surface area contributed by atoms with Crippen LogP contribution in [0, 0.1) is 0 Å². The molecule has 2 heterocycles. The fourth-order valence-corrected chi connectivity index (χ4v) is 3.78. The zero-order valence-corrected chi connectivity index (χ0v) is 15.8. The Morgan fingerprint density at radius 2 is 1.88 bits per heavy atom. The molecule has 0 unspecified atom stereocenters. The summed E-state index contributed by atoms with van der Waals surface area (Å²) < 4.78 is 0. The number of H-pyrrole nitrogens is 1. The summed E-state index contributed by atoms with van der Waals surface area (Å²) >= 11 is 0. The Labute approximate surface area is 155 Å². The molecule has 0 fully saturated rings. The number of fused-ring (bicyclic) bond motifs is 3. The monoisotopic (exact) mass is 346 g/mol. The van der Waals surface area contributed by atoms with Crippen LogP contribution in [0.25, 0.3) is 10.9 Å². The van der Waals surface area contributed by atoms with Crippen LogP contribution >= 0.6 is 0 Å². The first kappa shape index (κ1) is 16.9. The third-order valence-corrected chi connectivity index (χ3v) is 5.39. The zero-order chi connectivity index (χ0) is 18.3. The number of aromatic amines is 1. The number of benzene rings is 2. The molecule has 134 valence electrons. The van der Waals surface area contributed by atoms with E-state index < -0.39 is 0 Å². The lowest BCUT2D eigenvalue weighted by molar-refractivity contribution is -0.131. The zero-order valence-electron chi connectivity index (χ0n) is 15.8. The molecule has 2 aromatic carbocycles. The van der Waals surface area contributed by atoms with Crippen molar-refractivity contribution in [2.24, 2.45) is 0 Å². The van der Waals surface area contributed by atoms with Crippen molar-refractivity contribution >= 4 is 16.8 Å². The van der Waals surface area contributed by atoms with E-state index in [1.165, 1.54) is 27.7 Å². The third kappa shape index (κ3) is 3.14. The smallest absolute Gasteiger partial charge is 0.227 e. The summed E-state index contributed by atoms with van der Waals surface area (Å²) in [6.45, 7) is 8.21. The molecule has 0 aliphatic carbocycles. The van der Waals surface area contributed by atoms with Gasteiger partial charge in [-0.1, -0.05) is 57.2 Å². The SMILES string of the molecule is CC(C)(C)c1ccc2[nH]c3c(c2c1)CN(C(=O)Cc1ccccc1)CC3. The minimum absolute atomic E-state index is 0.121. The molecule has 1 amide bonds.